The van der Waals surface area contributed by atoms with Gasteiger partial charge in [0, 0.05) is 11.1 Å². The minimum Gasteiger partial charge on any atom is -0.505 e. The topological polar surface area (TPSA) is 60.3 Å². The number of carbonyl (C=O) groups excluding carboxylic acids is 1. The maximum atomic E-state index is 11.8. The molecule has 0 radical (unpaired) electrons. The van der Waals surface area contributed by atoms with Gasteiger partial charge in [-0.15, -0.1) is 14.1 Å². The molecule has 0 aliphatic heterocycles. The SMILES string of the molecule is C=C(C)C(=O)OC(C)c1ccc2c(c1)n1n(-c3cc(C)cc(C(C)(C)C)c3O)n21. The molecule has 6 nitrogen and oxygen atoms in total. The van der Waals surface area contributed by atoms with Crippen molar-refractivity contribution in [3.05, 3.63) is 59.2 Å². The number of esters is 1. The van der Waals surface area contributed by atoms with E-state index in [1.807, 2.05) is 58.2 Å². The molecule has 29 heavy (non-hydrogen) atoms. The third-order valence-electron chi connectivity index (χ3n) is 5.30. The van der Waals surface area contributed by atoms with Crippen LogP contribution in [0.5, 0.6) is 5.75 Å². The highest BCUT2D eigenvalue weighted by Crippen LogP contribution is 2.39. The summed E-state index contributed by atoms with van der Waals surface area (Å²) >= 11 is 0. The van der Waals surface area contributed by atoms with Crippen molar-refractivity contribution < 1.29 is 14.6 Å². The Bertz CT molecular complexity index is 1250. The van der Waals surface area contributed by atoms with Crippen molar-refractivity contribution in [1.29, 1.82) is 0 Å². The van der Waals surface area contributed by atoms with Gasteiger partial charge in [-0.05, 0) is 55.5 Å². The summed E-state index contributed by atoms with van der Waals surface area (Å²) in [6, 6.07) is 10.0. The highest BCUT2D eigenvalue weighted by Gasteiger charge is 2.29. The summed E-state index contributed by atoms with van der Waals surface area (Å²) in [4.78, 5) is 13.8. The smallest absolute Gasteiger partial charge is 0.333 e. The largest absolute Gasteiger partial charge is 0.505 e. The van der Waals surface area contributed by atoms with Gasteiger partial charge in [0.2, 0.25) is 0 Å². The fourth-order valence-corrected chi connectivity index (χ4v) is 3.63. The molecule has 2 aromatic carbocycles. The molecule has 0 saturated carbocycles. The number of hydrogen-bond donors (Lipinski definition) is 1. The quantitative estimate of drug-likeness (QED) is 0.396. The number of rotatable bonds is 4. The van der Waals surface area contributed by atoms with E-state index < -0.39 is 5.97 Å². The van der Waals surface area contributed by atoms with Gasteiger partial charge in [0.15, 0.2) is 0 Å². The van der Waals surface area contributed by atoms with E-state index in [2.05, 4.69) is 27.4 Å². The normalized spacial score (nSPS) is 13.4. The highest BCUT2D eigenvalue weighted by atomic mass is 16.5. The first-order valence-corrected chi connectivity index (χ1v) is 9.75. The van der Waals surface area contributed by atoms with Gasteiger partial charge in [-0.3, -0.25) is 0 Å². The molecule has 0 amide bonds. The highest BCUT2D eigenvalue weighted by molar-refractivity contribution is 5.87. The maximum absolute atomic E-state index is 11.8. The van der Waals surface area contributed by atoms with Crippen LogP contribution in [0.15, 0.2) is 42.5 Å². The number of nitrogens with zero attached hydrogens (tertiary/aromatic N) is 3. The summed E-state index contributed by atoms with van der Waals surface area (Å²) in [7, 11) is 0. The van der Waals surface area contributed by atoms with Gasteiger partial charge in [-0.25, -0.2) is 4.79 Å². The monoisotopic (exact) mass is 393 g/mol. The van der Waals surface area contributed by atoms with Crippen LogP contribution in [0, 0.1) is 6.92 Å². The van der Waals surface area contributed by atoms with Crippen molar-refractivity contribution in [2.75, 3.05) is 0 Å². The number of phenolic OH excluding ortho intramolecular Hbond substituents is 1. The number of carbonyl (C=O) groups is 1. The first-order valence-electron chi connectivity index (χ1n) is 9.75. The number of aromatic hydroxyl groups is 1. The minimum absolute atomic E-state index is 0.160. The molecule has 0 aliphatic carbocycles. The Morgan fingerprint density at radius 2 is 1.79 bits per heavy atom. The Kier molecular flexibility index (Phi) is 4.08. The lowest BCUT2D eigenvalue weighted by molar-refractivity contribution is -0.143. The van der Waals surface area contributed by atoms with E-state index in [0.717, 1.165) is 33.4 Å². The summed E-state index contributed by atoms with van der Waals surface area (Å²) in [5.41, 5.74) is 5.97. The predicted molar refractivity (Wildman–Crippen MR) is 113 cm³/mol. The van der Waals surface area contributed by atoms with E-state index in [0.29, 0.717) is 11.3 Å². The standard InChI is InChI=1S/C23H27N3O3/c1-13(2)22(28)29-15(4)16-8-9-18-19(12-16)25-24(18)26(25)20-11-14(3)10-17(21(20)27)23(5,6)7/h8-12,15,27H,1H2,2-7H3. The van der Waals surface area contributed by atoms with Crippen LogP contribution in [-0.4, -0.2) is 25.1 Å². The van der Waals surface area contributed by atoms with Gasteiger partial charge >= 0.3 is 5.97 Å². The number of hydrogen-bond acceptors (Lipinski definition) is 3. The van der Waals surface area contributed by atoms with E-state index in [1.54, 1.807) is 6.92 Å². The molecule has 2 aromatic heterocycles. The predicted octanol–water partition coefficient (Wildman–Crippen LogP) is 4.91. The van der Waals surface area contributed by atoms with Crippen molar-refractivity contribution in [2.24, 2.45) is 0 Å². The molecule has 0 fully saturated rings. The molecule has 0 spiro atoms. The van der Waals surface area contributed by atoms with Crippen LogP contribution in [0.2, 0.25) is 0 Å². The summed E-state index contributed by atoms with van der Waals surface area (Å²) in [6.45, 7) is 15.4. The molecule has 6 heteroatoms. The summed E-state index contributed by atoms with van der Waals surface area (Å²) < 4.78 is 9.44. The fourth-order valence-electron chi connectivity index (χ4n) is 3.63. The summed E-state index contributed by atoms with van der Waals surface area (Å²) in [5.74, 6) is -0.0954. The lowest BCUT2D eigenvalue weighted by Gasteiger charge is -2.21. The Labute approximate surface area is 169 Å². The third kappa shape index (κ3) is 2.99. The Morgan fingerprint density at radius 1 is 1.14 bits per heavy atom. The summed E-state index contributed by atoms with van der Waals surface area (Å²) in [5, 5.41) is 10.9. The van der Waals surface area contributed by atoms with Crippen LogP contribution in [0.4, 0.5) is 0 Å². The summed E-state index contributed by atoms with van der Waals surface area (Å²) in [6.07, 6.45) is -0.369. The van der Waals surface area contributed by atoms with Gasteiger partial charge < -0.3 is 9.84 Å². The van der Waals surface area contributed by atoms with Crippen molar-refractivity contribution in [3.63, 3.8) is 0 Å². The second-order valence-corrected chi connectivity index (χ2v) is 8.87. The second-order valence-electron chi connectivity index (χ2n) is 8.87. The molecule has 1 unspecified atom stereocenters. The van der Waals surface area contributed by atoms with Crippen LogP contribution in [-0.2, 0) is 14.9 Å². The molecule has 0 bridgehead atoms. The molecule has 4 rings (SSSR count). The molecular weight excluding hydrogens is 366 g/mol. The zero-order chi connectivity index (χ0) is 21.2. The van der Waals surface area contributed by atoms with Crippen molar-refractivity contribution in [3.8, 4) is 11.4 Å². The maximum Gasteiger partial charge on any atom is 0.333 e. The Morgan fingerprint density at radius 3 is 2.41 bits per heavy atom. The van der Waals surface area contributed by atoms with Crippen LogP contribution in [0.25, 0.3) is 16.7 Å². The Balaban J connectivity index is 1.74. The molecule has 1 atom stereocenters. The first kappa shape index (κ1) is 19.2. The van der Waals surface area contributed by atoms with Gasteiger partial charge in [-0.1, -0.05) is 39.5 Å². The van der Waals surface area contributed by atoms with Crippen molar-refractivity contribution in [2.45, 2.75) is 53.1 Å². The van der Waals surface area contributed by atoms with E-state index in [4.69, 9.17) is 4.74 Å². The lowest BCUT2D eigenvalue weighted by Crippen LogP contribution is -2.12. The molecule has 0 aliphatic rings. The molecule has 0 saturated heterocycles. The van der Waals surface area contributed by atoms with Crippen LogP contribution in [0.1, 0.15) is 57.4 Å². The van der Waals surface area contributed by atoms with E-state index in [1.165, 1.54) is 0 Å². The number of benzene rings is 2. The molecular formula is C23H27N3O3. The van der Waals surface area contributed by atoms with Gasteiger partial charge in [0.25, 0.3) is 0 Å². The zero-order valence-electron chi connectivity index (χ0n) is 17.8. The molecule has 2 heterocycles. The molecule has 1 N–H and O–H groups in total. The van der Waals surface area contributed by atoms with Gasteiger partial charge in [-0.2, -0.15) is 0 Å². The first-order chi connectivity index (χ1) is 13.5. The minimum atomic E-state index is -0.394. The average molecular weight is 393 g/mol. The van der Waals surface area contributed by atoms with Crippen molar-refractivity contribution in [1.82, 2.24) is 14.1 Å². The molecule has 4 aromatic rings. The zero-order valence-corrected chi connectivity index (χ0v) is 17.8. The number of phenols is 1. The van der Waals surface area contributed by atoms with Crippen molar-refractivity contribution >= 4 is 17.0 Å². The third-order valence-corrected chi connectivity index (χ3v) is 5.30. The van der Waals surface area contributed by atoms with Gasteiger partial charge in [0.05, 0.1) is 0 Å². The van der Waals surface area contributed by atoms with E-state index in [-0.39, 0.29) is 11.5 Å². The lowest BCUT2D eigenvalue weighted by atomic mass is 9.85. The van der Waals surface area contributed by atoms with E-state index >= 15 is 0 Å². The van der Waals surface area contributed by atoms with Crippen LogP contribution in [0.3, 0.4) is 0 Å². The second kappa shape index (κ2) is 6.17. The molecule has 152 valence electrons. The number of aromatic nitrogens is 3. The van der Waals surface area contributed by atoms with E-state index in [9.17, 15) is 9.90 Å². The fraction of sp³-hybridized carbons (Fsp3) is 0.348. The number of aryl methyl sites for hydroxylation is 1. The van der Waals surface area contributed by atoms with Crippen LogP contribution < -0.4 is 0 Å². The number of ether oxygens (including phenoxy) is 1. The average Bonchev–Trinajstić information content (AvgIpc) is 3.28. The Hall–Kier alpha value is -3.15. The number of fused-ring (bicyclic) bond motifs is 4. The van der Waals surface area contributed by atoms with Crippen LogP contribution >= 0.6 is 0 Å². The van der Waals surface area contributed by atoms with Gasteiger partial charge in [0.1, 0.15) is 28.6 Å².